The van der Waals surface area contributed by atoms with Crippen LogP contribution in [-0.4, -0.2) is 20.6 Å². The molecule has 0 aliphatic carbocycles. The van der Waals surface area contributed by atoms with E-state index in [1.807, 2.05) is 0 Å². The van der Waals surface area contributed by atoms with Crippen LogP contribution in [0.25, 0.3) is 0 Å². The number of rotatable bonds is 4. The monoisotopic (exact) mass is 435 g/mol. The Kier molecular flexibility index (Phi) is 4.80. The number of phenols is 1. The molecule has 0 radical (unpaired) electrons. The fourth-order valence-electron chi connectivity index (χ4n) is 1.66. The molecular weight excluding hydrogens is 426 g/mol. The third-order valence-electron chi connectivity index (χ3n) is 2.61. The van der Waals surface area contributed by atoms with Crippen LogP contribution in [0.15, 0.2) is 50.2 Å². The largest absolute Gasteiger partial charge is 0.504 e. The second-order valence-electron chi connectivity index (χ2n) is 4.07. The summed E-state index contributed by atoms with van der Waals surface area (Å²) in [4.78, 5) is 0.0982. The van der Waals surface area contributed by atoms with Gasteiger partial charge in [-0.2, -0.15) is 0 Å². The Morgan fingerprint density at radius 3 is 2.43 bits per heavy atom. The highest BCUT2D eigenvalue weighted by atomic mass is 79.9. The quantitative estimate of drug-likeness (QED) is 0.765. The van der Waals surface area contributed by atoms with Crippen LogP contribution in [0.4, 0.5) is 5.69 Å². The molecule has 0 bridgehead atoms. The molecule has 0 aliphatic rings. The fraction of sp³-hybridized carbons (Fsp3) is 0.0769. The average molecular weight is 437 g/mol. The first kappa shape index (κ1) is 16.1. The highest BCUT2D eigenvalue weighted by molar-refractivity contribution is 9.11. The molecule has 21 heavy (non-hydrogen) atoms. The highest BCUT2D eigenvalue weighted by Gasteiger charge is 2.18. The van der Waals surface area contributed by atoms with E-state index in [1.165, 1.54) is 31.4 Å². The zero-order chi connectivity index (χ0) is 15.6. The summed E-state index contributed by atoms with van der Waals surface area (Å²) in [6, 6.07) is 9.00. The van der Waals surface area contributed by atoms with E-state index in [2.05, 4.69) is 36.6 Å². The second kappa shape index (κ2) is 6.25. The van der Waals surface area contributed by atoms with E-state index in [0.29, 0.717) is 4.47 Å². The summed E-state index contributed by atoms with van der Waals surface area (Å²) in [5, 5.41) is 9.67. The molecule has 8 heteroatoms. The smallest absolute Gasteiger partial charge is 0.263 e. The lowest BCUT2D eigenvalue weighted by Crippen LogP contribution is -2.13. The molecule has 0 aliphatic heterocycles. The normalized spacial score (nSPS) is 11.2. The minimum absolute atomic E-state index is 0.0982. The lowest BCUT2D eigenvalue weighted by molar-refractivity contribution is 0.373. The van der Waals surface area contributed by atoms with Crippen molar-refractivity contribution < 1.29 is 18.3 Å². The Labute approximate surface area is 139 Å². The van der Waals surface area contributed by atoms with Crippen molar-refractivity contribution in [2.75, 3.05) is 11.8 Å². The number of hydrogen-bond acceptors (Lipinski definition) is 4. The van der Waals surface area contributed by atoms with Crippen molar-refractivity contribution in [1.29, 1.82) is 0 Å². The van der Waals surface area contributed by atoms with E-state index in [1.54, 1.807) is 12.1 Å². The molecule has 0 heterocycles. The van der Waals surface area contributed by atoms with Crippen LogP contribution in [0, 0.1) is 0 Å². The summed E-state index contributed by atoms with van der Waals surface area (Å²) < 4.78 is 33.2. The fourth-order valence-corrected chi connectivity index (χ4v) is 4.45. The number of benzene rings is 2. The first-order chi connectivity index (χ1) is 9.83. The van der Waals surface area contributed by atoms with Gasteiger partial charge in [-0.1, -0.05) is 15.9 Å². The van der Waals surface area contributed by atoms with Gasteiger partial charge in [0.2, 0.25) is 0 Å². The number of phenolic OH excluding ortho intramolecular Hbond substituents is 1. The van der Waals surface area contributed by atoms with Crippen LogP contribution in [0.3, 0.4) is 0 Å². The van der Waals surface area contributed by atoms with Crippen molar-refractivity contribution in [2.45, 2.75) is 4.90 Å². The number of nitrogens with one attached hydrogen (secondary N) is 1. The van der Waals surface area contributed by atoms with E-state index in [-0.39, 0.29) is 22.1 Å². The summed E-state index contributed by atoms with van der Waals surface area (Å²) in [6.45, 7) is 0. The van der Waals surface area contributed by atoms with Crippen molar-refractivity contribution in [2.24, 2.45) is 0 Å². The van der Waals surface area contributed by atoms with Gasteiger partial charge in [-0.15, -0.1) is 0 Å². The van der Waals surface area contributed by atoms with Gasteiger partial charge in [0.25, 0.3) is 10.0 Å². The number of methoxy groups -OCH3 is 1. The molecule has 0 spiro atoms. The van der Waals surface area contributed by atoms with Crippen molar-refractivity contribution in [3.63, 3.8) is 0 Å². The average Bonchev–Trinajstić information content (AvgIpc) is 2.37. The molecule has 2 N–H and O–H groups in total. The lowest BCUT2D eigenvalue weighted by atomic mass is 10.3. The van der Waals surface area contributed by atoms with Gasteiger partial charge in [0.1, 0.15) is 4.90 Å². The van der Waals surface area contributed by atoms with Gasteiger partial charge >= 0.3 is 0 Å². The lowest BCUT2D eigenvalue weighted by Gasteiger charge is -2.11. The minimum Gasteiger partial charge on any atom is -0.504 e. The zero-order valence-electron chi connectivity index (χ0n) is 10.8. The minimum atomic E-state index is -3.77. The van der Waals surface area contributed by atoms with E-state index in [0.717, 1.165) is 4.47 Å². The van der Waals surface area contributed by atoms with Crippen LogP contribution >= 0.6 is 31.9 Å². The molecule has 0 amide bonds. The van der Waals surface area contributed by atoms with E-state index in [9.17, 15) is 13.5 Å². The molecule has 2 aromatic rings. The summed E-state index contributed by atoms with van der Waals surface area (Å²) in [6.07, 6.45) is 0. The highest BCUT2D eigenvalue weighted by Crippen LogP contribution is 2.31. The molecule has 0 aromatic heterocycles. The second-order valence-corrected chi connectivity index (χ2v) is 7.49. The molecule has 2 aromatic carbocycles. The SMILES string of the molecule is COc1ccc(NS(=O)(=O)c2ccc(Br)cc2Br)cc1O. The third kappa shape index (κ3) is 3.69. The van der Waals surface area contributed by atoms with Gasteiger partial charge in [0.15, 0.2) is 11.5 Å². The maximum absolute atomic E-state index is 12.3. The Morgan fingerprint density at radius 2 is 1.86 bits per heavy atom. The topological polar surface area (TPSA) is 75.6 Å². The van der Waals surface area contributed by atoms with Gasteiger partial charge in [0, 0.05) is 15.0 Å². The number of halogens is 2. The van der Waals surface area contributed by atoms with Crippen molar-refractivity contribution >= 4 is 47.6 Å². The van der Waals surface area contributed by atoms with Crippen LogP contribution < -0.4 is 9.46 Å². The van der Waals surface area contributed by atoms with Crippen molar-refractivity contribution in [1.82, 2.24) is 0 Å². The zero-order valence-corrected chi connectivity index (χ0v) is 14.8. The molecule has 0 saturated carbocycles. The predicted molar refractivity (Wildman–Crippen MR) is 87.3 cm³/mol. The number of aromatic hydroxyl groups is 1. The van der Waals surface area contributed by atoms with Crippen LogP contribution in [0.5, 0.6) is 11.5 Å². The summed E-state index contributed by atoms with van der Waals surface area (Å²) in [5.41, 5.74) is 0.239. The molecule has 5 nitrogen and oxygen atoms in total. The number of ether oxygens (including phenoxy) is 1. The Bertz CT molecular complexity index is 778. The van der Waals surface area contributed by atoms with Crippen LogP contribution in [0.2, 0.25) is 0 Å². The first-order valence-corrected chi connectivity index (χ1v) is 8.75. The van der Waals surface area contributed by atoms with Crippen molar-refractivity contribution in [3.8, 4) is 11.5 Å². The molecule has 2 rings (SSSR count). The standard InChI is InChI=1S/C13H11Br2NO4S/c1-20-12-4-3-9(7-11(12)17)16-21(18,19)13-5-2-8(14)6-10(13)15/h2-7,16-17H,1H3. The van der Waals surface area contributed by atoms with Crippen molar-refractivity contribution in [3.05, 3.63) is 45.3 Å². The maximum Gasteiger partial charge on any atom is 0.263 e. The van der Waals surface area contributed by atoms with Gasteiger partial charge in [0.05, 0.1) is 12.8 Å². The Morgan fingerprint density at radius 1 is 1.14 bits per heavy atom. The van der Waals surface area contributed by atoms with Gasteiger partial charge in [-0.05, 0) is 46.3 Å². The van der Waals surface area contributed by atoms with Gasteiger partial charge < -0.3 is 9.84 Å². The number of sulfonamides is 1. The number of anilines is 1. The first-order valence-electron chi connectivity index (χ1n) is 5.68. The van der Waals surface area contributed by atoms with Crippen LogP contribution in [0.1, 0.15) is 0 Å². The van der Waals surface area contributed by atoms with Gasteiger partial charge in [-0.3, -0.25) is 4.72 Å². The van der Waals surface area contributed by atoms with E-state index in [4.69, 9.17) is 4.74 Å². The molecule has 0 unspecified atom stereocenters. The van der Waals surface area contributed by atoms with E-state index >= 15 is 0 Å². The Hall–Kier alpha value is -1.25. The predicted octanol–water partition coefficient (Wildman–Crippen LogP) is 3.73. The van der Waals surface area contributed by atoms with E-state index < -0.39 is 10.0 Å². The molecule has 112 valence electrons. The molecular formula is C13H11Br2NO4S. The number of hydrogen-bond donors (Lipinski definition) is 2. The summed E-state index contributed by atoms with van der Waals surface area (Å²) in [5.74, 6) is 0.121. The van der Waals surface area contributed by atoms with Crippen LogP contribution in [-0.2, 0) is 10.0 Å². The summed E-state index contributed by atoms with van der Waals surface area (Å²) in [7, 11) is -2.35. The molecule has 0 atom stereocenters. The van der Waals surface area contributed by atoms with Gasteiger partial charge in [-0.25, -0.2) is 8.42 Å². The Balaban J connectivity index is 2.35. The third-order valence-corrected chi connectivity index (χ3v) is 5.47. The summed E-state index contributed by atoms with van der Waals surface area (Å²) >= 11 is 6.48. The molecule has 0 saturated heterocycles. The molecule has 0 fully saturated rings. The maximum atomic E-state index is 12.3.